The van der Waals surface area contributed by atoms with Gasteiger partial charge < -0.3 is 23.6 Å². The van der Waals surface area contributed by atoms with Crippen LogP contribution in [0.3, 0.4) is 0 Å². The van der Waals surface area contributed by atoms with E-state index in [1.165, 1.54) is 12.8 Å². The maximum absolute atomic E-state index is 11.4. The fourth-order valence-corrected chi connectivity index (χ4v) is 4.36. The van der Waals surface area contributed by atoms with E-state index >= 15 is 0 Å². The Morgan fingerprint density at radius 1 is 1.16 bits per heavy atom. The second-order valence-electron chi connectivity index (χ2n) is 8.11. The molecule has 0 saturated heterocycles. The fraction of sp³-hybridized carbons (Fsp3) is 0.320. The summed E-state index contributed by atoms with van der Waals surface area (Å²) in [6.45, 7) is 0.884. The number of nitrogens with zero attached hydrogens (tertiary/aromatic N) is 1. The van der Waals surface area contributed by atoms with Gasteiger partial charge in [0.05, 0.1) is 30.8 Å². The van der Waals surface area contributed by atoms with Gasteiger partial charge in [0.25, 0.3) is 0 Å². The van der Waals surface area contributed by atoms with Gasteiger partial charge >= 0.3 is 0 Å². The van der Waals surface area contributed by atoms with Gasteiger partial charge in [-0.2, -0.15) is 0 Å². The van der Waals surface area contributed by atoms with Crippen molar-refractivity contribution in [1.82, 2.24) is 4.57 Å². The van der Waals surface area contributed by atoms with Gasteiger partial charge in [-0.25, -0.2) is 0 Å². The predicted molar refractivity (Wildman–Crippen MR) is 119 cm³/mol. The average Bonchev–Trinajstić information content (AvgIpc) is 3.45. The summed E-state index contributed by atoms with van der Waals surface area (Å²) in [6, 6.07) is 11.6. The third-order valence-electron chi connectivity index (χ3n) is 6.08. The molecule has 0 radical (unpaired) electrons. The number of hydrogen-bond donors (Lipinski definition) is 1. The number of fused-ring (bicyclic) bond motifs is 2. The molecule has 0 aliphatic heterocycles. The zero-order valence-corrected chi connectivity index (χ0v) is 17.7. The quantitative estimate of drug-likeness (QED) is 0.414. The Morgan fingerprint density at radius 3 is 2.68 bits per heavy atom. The third kappa shape index (κ3) is 3.37. The molecule has 0 amide bonds. The Balaban J connectivity index is 1.80. The first-order chi connectivity index (χ1) is 15.2. The molecule has 2 aromatic carbocycles. The van der Waals surface area contributed by atoms with Crippen LogP contribution in [0.4, 0.5) is 0 Å². The summed E-state index contributed by atoms with van der Waals surface area (Å²) in [4.78, 5) is 11.4. The van der Waals surface area contributed by atoms with Gasteiger partial charge in [-0.15, -0.1) is 0 Å². The second kappa shape index (κ2) is 7.78. The van der Waals surface area contributed by atoms with E-state index in [1.807, 2.05) is 6.07 Å². The highest BCUT2D eigenvalue weighted by Gasteiger charge is 2.27. The minimum Gasteiger partial charge on any atom is -0.497 e. The van der Waals surface area contributed by atoms with Crippen molar-refractivity contribution in [2.24, 2.45) is 5.92 Å². The summed E-state index contributed by atoms with van der Waals surface area (Å²) in [6.07, 6.45) is 3.66. The van der Waals surface area contributed by atoms with Crippen LogP contribution in [0, 0.1) is 5.92 Å². The molecule has 160 valence electrons. The van der Waals surface area contributed by atoms with E-state index in [9.17, 15) is 9.90 Å². The monoisotopic (exact) mass is 419 g/mol. The summed E-state index contributed by atoms with van der Waals surface area (Å²) < 4.78 is 19.7. The molecule has 6 nitrogen and oxygen atoms in total. The van der Waals surface area contributed by atoms with Crippen LogP contribution in [0.5, 0.6) is 11.5 Å². The molecule has 1 fully saturated rings. The largest absolute Gasteiger partial charge is 0.497 e. The van der Waals surface area contributed by atoms with E-state index in [0.717, 1.165) is 46.1 Å². The van der Waals surface area contributed by atoms with Crippen molar-refractivity contribution in [1.29, 1.82) is 0 Å². The molecule has 0 spiro atoms. The highest BCUT2D eigenvalue weighted by molar-refractivity contribution is 5.98. The molecule has 0 unspecified atom stereocenters. The Labute approximate surface area is 180 Å². The van der Waals surface area contributed by atoms with Crippen LogP contribution in [0.1, 0.15) is 28.8 Å². The van der Waals surface area contributed by atoms with Crippen LogP contribution in [-0.4, -0.2) is 36.8 Å². The number of aromatic nitrogens is 1. The Kier molecular flexibility index (Phi) is 4.94. The topological polar surface area (TPSA) is 73.8 Å². The molecule has 1 N–H and O–H groups in total. The number of hydrogen-bond acceptors (Lipinski definition) is 5. The number of aliphatic hydroxyl groups excluding tert-OH is 1. The highest BCUT2D eigenvalue weighted by atomic mass is 16.5. The Hall–Kier alpha value is -3.25. The van der Waals surface area contributed by atoms with E-state index in [1.54, 1.807) is 26.4 Å². The maximum Gasteiger partial charge on any atom is 0.155 e. The Bertz CT molecular complexity index is 1280. The van der Waals surface area contributed by atoms with Crippen molar-refractivity contribution >= 4 is 28.2 Å². The van der Waals surface area contributed by atoms with Crippen molar-refractivity contribution < 1.29 is 23.8 Å². The third-order valence-corrected chi connectivity index (χ3v) is 6.08. The van der Waals surface area contributed by atoms with Crippen LogP contribution in [0.2, 0.25) is 0 Å². The van der Waals surface area contributed by atoms with Crippen molar-refractivity contribution in [2.45, 2.75) is 25.8 Å². The number of furan rings is 1. The SMILES string of the molecule is COc1ccc2cc(-c3oc4cc(C=O)cc(OC)c4c3CCO)n(CC3CC3)c2c1. The van der Waals surface area contributed by atoms with Crippen molar-refractivity contribution in [2.75, 3.05) is 20.8 Å². The lowest BCUT2D eigenvalue weighted by molar-refractivity contribution is 0.112. The van der Waals surface area contributed by atoms with Gasteiger partial charge in [0, 0.05) is 42.2 Å². The molecule has 1 saturated carbocycles. The van der Waals surface area contributed by atoms with Crippen LogP contribution >= 0.6 is 0 Å². The van der Waals surface area contributed by atoms with Gasteiger partial charge in [0.2, 0.25) is 0 Å². The zero-order chi connectivity index (χ0) is 21.5. The lowest BCUT2D eigenvalue weighted by Gasteiger charge is -2.11. The van der Waals surface area contributed by atoms with Crippen molar-refractivity contribution in [3.63, 3.8) is 0 Å². The van der Waals surface area contributed by atoms with Gasteiger partial charge in [-0.1, -0.05) is 0 Å². The summed E-state index contributed by atoms with van der Waals surface area (Å²) in [7, 11) is 3.25. The summed E-state index contributed by atoms with van der Waals surface area (Å²) >= 11 is 0. The van der Waals surface area contributed by atoms with E-state index in [2.05, 4.69) is 22.8 Å². The van der Waals surface area contributed by atoms with Crippen LogP contribution in [-0.2, 0) is 13.0 Å². The summed E-state index contributed by atoms with van der Waals surface area (Å²) in [5.74, 6) is 2.75. The molecule has 2 aromatic heterocycles. The van der Waals surface area contributed by atoms with E-state index in [-0.39, 0.29) is 6.61 Å². The van der Waals surface area contributed by atoms with Crippen LogP contribution in [0.15, 0.2) is 40.8 Å². The fourth-order valence-electron chi connectivity index (χ4n) is 4.36. The summed E-state index contributed by atoms with van der Waals surface area (Å²) in [5, 5.41) is 11.7. The highest BCUT2D eigenvalue weighted by Crippen LogP contribution is 2.43. The zero-order valence-electron chi connectivity index (χ0n) is 17.7. The molecular weight excluding hydrogens is 394 g/mol. The number of aliphatic hydroxyl groups is 1. The van der Waals surface area contributed by atoms with Gasteiger partial charge in [-0.05, 0) is 49.1 Å². The second-order valence-corrected chi connectivity index (χ2v) is 8.11. The number of carbonyl (C=O) groups is 1. The predicted octanol–water partition coefficient (Wildman–Crippen LogP) is 4.83. The molecule has 2 heterocycles. The van der Waals surface area contributed by atoms with E-state index in [0.29, 0.717) is 35.0 Å². The first-order valence-electron chi connectivity index (χ1n) is 10.5. The molecule has 4 aromatic rings. The minimum atomic E-state index is -0.0170. The molecule has 6 heteroatoms. The van der Waals surface area contributed by atoms with Crippen molar-refractivity contribution in [3.05, 3.63) is 47.5 Å². The normalized spacial score (nSPS) is 13.8. The number of ether oxygens (including phenoxy) is 2. The molecule has 0 bridgehead atoms. The average molecular weight is 419 g/mol. The smallest absolute Gasteiger partial charge is 0.155 e. The minimum absolute atomic E-state index is 0.0170. The lowest BCUT2D eigenvalue weighted by Crippen LogP contribution is -2.03. The molecule has 0 atom stereocenters. The number of rotatable bonds is 8. The first-order valence-corrected chi connectivity index (χ1v) is 10.5. The maximum atomic E-state index is 11.4. The number of methoxy groups -OCH3 is 2. The molecule has 5 rings (SSSR count). The molecule has 1 aliphatic carbocycles. The molecular formula is C25H25NO5. The van der Waals surface area contributed by atoms with Crippen LogP contribution in [0.25, 0.3) is 33.3 Å². The van der Waals surface area contributed by atoms with Crippen molar-refractivity contribution in [3.8, 4) is 23.0 Å². The standard InChI is InChI=1S/C25H25NO5/c1-29-18-6-5-17-11-21(26(20(17)12-18)13-15-3-4-15)25-19(7-8-27)24-22(30-2)9-16(14-28)10-23(24)31-25/h5-6,9-12,14-15,27H,3-4,7-8,13H2,1-2H3. The van der Waals surface area contributed by atoms with Gasteiger partial charge in [0.15, 0.2) is 5.76 Å². The summed E-state index contributed by atoms with van der Waals surface area (Å²) in [5.41, 5.74) is 4.02. The lowest BCUT2D eigenvalue weighted by atomic mass is 10.0. The number of carbonyl (C=O) groups excluding carboxylic acids is 1. The molecule has 1 aliphatic rings. The van der Waals surface area contributed by atoms with Crippen LogP contribution < -0.4 is 9.47 Å². The number of aldehydes is 1. The Morgan fingerprint density at radius 2 is 2.00 bits per heavy atom. The number of benzene rings is 2. The van der Waals surface area contributed by atoms with E-state index < -0.39 is 0 Å². The first kappa shape index (κ1) is 19.7. The molecule has 31 heavy (non-hydrogen) atoms. The van der Waals surface area contributed by atoms with Gasteiger partial charge in [-0.3, -0.25) is 4.79 Å². The van der Waals surface area contributed by atoms with Gasteiger partial charge in [0.1, 0.15) is 23.4 Å². The van der Waals surface area contributed by atoms with E-state index in [4.69, 9.17) is 13.9 Å².